The smallest absolute Gasteiger partial charge is 0.255 e. The van der Waals surface area contributed by atoms with Gasteiger partial charge in [-0.05, 0) is 54.3 Å². The second kappa shape index (κ2) is 6.08. The van der Waals surface area contributed by atoms with Crippen molar-refractivity contribution in [3.63, 3.8) is 0 Å². The number of carbonyl (C=O) groups excluding carboxylic acids is 1. The molecule has 0 unspecified atom stereocenters. The first-order chi connectivity index (χ1) is 11.0. The van der Waals surface area contributed by atoms with Gasteiger partial charge in [0.05, 0.1) is 18.7 Å². The molecule has 2 aromatic rings. The number of halogens is 2. The maximum absolute atomic E-state index is 13.9. The fraction of sp³-hybridized carbons (Fsp3) is 0.235. The number of fused-ring (bicyclic) bond motifs is 1. The number of benzene rings is 2. The first kappa shape index (κ1) is 15.6. The van der Waals surface area contributed by atoms with E-state index in [1.807, 2.05) is 0 Å². The lowest BCUT2D eigenvalue weighted by atomic mass is 10.1. The number of amides is 1. The molecule has 23 heavy (non-hydrogen) atoms. The van der Waals surface area contributed by atoms with Crippen LogP contribution < -0.4 is 10.1 Å². The number of ether oxygens (including phenoxy) is 1. The monoisotopic (exact) mass is 335 g/mol. The number of phenolic OH excluding ortho intramolecular Hbond substituents is 1. The molecule has 1 aliphatic carbocycles. The normalized spacial score (nSPS) is 16.0. The largest absolute Gasteiger partial charge is 0.507 e. The zero-order valence-electron chi connectivity index (χ0n) is 12.4. The lowest BCUT2D eigenvalue weighted by molar-refractivity contribution is 0.0933. The molecule has 0 aliphatic heterocycles. The summed E-state index contributed by atoms with van der Waals surface area (Å²) >= 11 is 5.90. The first-order valence-corrected chi connectivity index (χ1v) is 7.53. The van der Waals surface area contributed by atoms with Gasteiger partial charge < -0.3 is 15.2 Å². The van der Waals surface area contributed by atoms with Gasteiger partial charge >= 0.3 is 0 Å². The average molecular weight is 336 g/mol. The molecule has 0 aromatic heterocycles. The minimum Gasteiger partial charge on any atom is -0.507 e. The molecule has 3 rings (SSSR count). The fourth-order valence-corrected chi connectivity index (χ4v) is 3.07. The number of carbonyl (C=O) groups is 1. The molecule has 1 atom stereocenters. The minimum absolute atomic E-state index is 0.111. The zero-order chi connectivity index (χ0) is 16.6. The van der Waals surface area contributed by atoms with Crippen LogP contribution in [0.2, 0.25) is 5.02 Å². The molecule has 0 fully saturated rings. The number of methoxy groups -OCH3 is 1. The van der Waals surface area contributed by atoms with Gasteiger partial charge in [0.15, 0.2) is 0 Å². The van der Waals surface area contributed by atoms with E-state index in [-0.39, 0.29) is 23.2 Å². The third-order valence-electron chi connectivity index (χ3n) is 4.01. The summed E-state index contributed by atoms with van der Waals surface area (Å²) in [7, 11) is 1.48. The van der Waals surface area contributed by atoms with Crippen LogP contribution in [0, 0.1) is 5.82 Å². The molecule has 1 amide bonds. The number of aromatic hydroxyl groups is 1. The zero-order valence-corrected chi connectivity index (χ0v) is 13.2. The summed E-state index contributed by atoms with van der Waals surface area (Å²) in [5, 5.41) is 13.0. The second-order valence-corrected chi connectivity index (χ2v) is 5.84. The van der Waals surface area contributed by atoms with Crippen LogP contribution in [-0.2, 0) is 6.42 Å². The summed E-state index contributed by atoms with van der Waals surface area (Å²) in [6, 6.07) is 7.02. The van der Waals surface area contributed by atoms with Crippen LogP contribution in [0.3, 0.4) is 0 Å². The Hall–Kier alpha value is -2.27. The molecule has 0 bridgehead atoms. The lowest BCUT2D eigenvalue weighted by Gasteiger charge is -2.15. The van der Waals surface area contributed by atoms with E-state index in [2.05, 4.69) is 5.32 Å². The third kappa shape index (κ3) is 2.97. The summed E-state index contributed by atoms with van der Waals surface area (Å²) in [6.07, 6.45) is 1.12. The molecule has 0 saturated carbocycles. The van der Waals surface area contributed by atoms with Gasteiger partial charge in [-0.15, -0.1) is 0 Å². The van der Waals surface area contributed by atoms with E-state index in [4.69, 9.17) is 16.3 Å². The topological polar surface area (TPSA) is 58.6 Å². The minimum atomic E-state index is -0.445. The van der Waals surface area contributed by atoms with Gasteiger partial charge in [-0.3, -0.25) is 4.79 Å². The fourth-order valence-electron chi connectivity index (χ4n) is 2.85. The number of rotatable bonds is 3. The Kier molecular flexibility index (Phi) is 4.13. The van der Waals surface area contributed by atoms with Gasteiger partial charge in [-0.1, -0.05) is 11.6 Å². The van der Waals surface area contributed by atoms with Crippen molar-refractivity contribution in [2.45, 2.75) is 18.9 Å². The van der Waals surface area contributed by atoms with Crippen LogP contribution in [0.4, 0.5) is 4.39 Å². The highest BCUT2D eigenvalue weighted by Crippen LogP contribution is 2.35. The lowest BCUT2D eigenvalue weighted by Crippen LogP contribution is -2.27. The van der Waals surface area contributed by atoms with Gasteiger partial charge in [0.1, 0.15) is 17.3 Å². The summed E-state index contributed by atoms with van der Waals surface area (Å²) in [4.78, 5) is 12.4. The molecule has 0 radical (unpaired) electrons. The van der Waals surface area contributed by atoms with E-state index >= 15 is 0 Å². The van der Waals surface area contributed by atoms with Crippen molar-refractivity contribution in [3.05, 3.63) is 57.9 Å². The van der Waals surface area contributed by atoms with Crippen LogP contribution in [0.5, 0.6) is 11.5 Å². The highest BCUT2D eigenvalue weighted by Gasteiger charge is 2.28. The molecule has 2 aromatic carbocycles. The first-order valence-electron chi connectivity index (χ1n) is 7.15. The number of hydrogen-bond acceptors (Lipinski definition) is 3. The van der Waals surface area contributed by atoms with Crippen molar-refractivity contribution in [2.24, 2.45) is 0 Å². The Morgan fingerprint density at radius 1 is 1.39 bits per heavy atom. The van der Waals surface area contributed by atoms with Crippen molar-refractivity contribution >= 4 is 17.5 Å². The molecular formula is C17H15ClFNO3. The molecule has 4 nitrogen and oxygen atoms in total. The second-order valence-electron chi connectivity index (χ2n) is 5.40. The number of hydrogen-bond donors (Lipinski definition) is 2. The molecule has 0 heterocycles. The Bertz CT molecular complexity index is 779. The molecule has 6 heteroatoms. The van der Waals surface area contributed by atoms with Gasteiger partial charge in [0.25, 0.3) is 5.91 Å². The van der Waals surface area contributed by atoms with Crippen LogP contribution in [-0.4, -0.2) is 18.1 Å². The van der Waals surface area contributed by atoms with Crippen LogP contribution in [0.25, 0.3) is 0 Å². The number of nitrogens with one attached hydrogen (secondary N) is 1. The Balaban J connectivity index is 1.86. The highest BCUT2D eigenvalue weighted by molar-refractivity contribution is 6.30. The van der Waals surface area contributed by atoms with Gasteiger partial charge in [0.2, 0.25) is 0 Å². The van der Waals surface area contributed by atoms with Crippen LogP contribution in [0.1, 0.15) is 33.9 Å². The Morgan fingerprint density at radius 3 is 2.91 bits per heavy atom. The quantitative estimate of drug-likeness (QED) is 0.900. The average Bonchev–Trinajstić information content (AvgIpc) is 2.91. The Morgan fingerprint density at radius 2 is 2.17 bits per heavy atom. The van der Waals surface area contributed by atoms with Crippen molar-refractivity contribution in [1.82, 2.24) is 5.32 Å². The van der Waals surface area contributed by atoms with E-state index in [9.17, 15) is 14.3 Å². The van der Waals surface area contributed by atoms with Crippen molar-refractivity contribution in [3.8, 4) is 11.5 Å². The van der Waals surface area contributed by atoms with Crippen molar-refractivity contribution < 1.29 is 19.0 Å². The Labute approximate surface area is 137 Å². The third-order valence-corrected chi connectivity index (χ3v) is 4.23. The molecule has 1 aliphatic rings. The van der Waals surface area contributed by atoms with Gasteiger partial charge in [0, 0.05) is 5.02 Å². The maximum Gasteiger partial charge on any atom is 0.255 e. The van der Waals surface area contributed by atoms with Crippen LogP contribution >= 0.6 is 11.6 Å². The summed E-state index contributed by atoms with van der Waals surface area (Å²) in [6.45, 7) is 0. The van der Waals surface area contributed by atoms with E-state index < -0.39 is 5.91 Å². The van der Waals surface area contributed by atoms with E-state index in [1.54, 1.807) is 12.1 Å². The molecule has 120 valence electrons. The highest BCUT2D eigenvalue weighted by atomic mass is 35.5. The van der Waals surface area contributed by atoms with E-state index in [1.165, 1.54) is 25.3 Å². The standard InChI is InChI=1S/C17H15ClFNO3/c1-23-10-2-5-16(21)13(8-10)17(22)20-15-4-3-11-12(15)6-9(18)7-14(11)19/h2,5-8,15,21H,3-4H2,1H3,(H,20,22)/t15-/m1/s1. The molecular weight excluding hydrogens is 321 g/mol. The SMILES string of the molecule is COc1ccc(O)c(C(=O)N[C@@H]2CCc3c(F)cc(Cl)cc32)c1. The van der Waals surface area contributed by atoms with Gasteiger partial charge in [-0.2, -0.15) is 0 Å². The number of phenols is 1. The molecule has 0 spiro atoms. The predicted molar refractivity (Wildman–Crippen MR) is 84.6 cm³/mol. The summed E-state index contributed by atoms with van der Waals surface area (Å²) in [5.74, 6) is -0.472. The molecule has 0 saturated heterocycles. The van der Waals surface area contributed by atoms with E-state index in [0.29, 0.717) is 34.7 Å². The van der Waals surface area contributed by atoms with Crippen molar-refractivity contribution in [1.29, 1.82) is 0 Å². The summed E-state index contributed by atoms with van der Waals surface area (Å²) in [5.41, 5.74) is 1.38. The van der Waals surface area contributed by atoms with Crippen LogP contribution in [0.15, 0.2) is 30.3 Å². The molecule has 2 N–H and O–H groups in total. The van der Waals surface area contributed by atoms with Crippen molar-refractivity contribution in [2.75, 3.05) is 7.11 Å². The summed E-state index contributed by atoms with van der Waals surface area (Å²) < 4.78 is 19.0. The van der Waals surface area contributed by atoms with Gasteiger partial charge in [-0.25, -0.2) is 4.39 Å². The van der Waals surface area contributed by atoms with E-state index in [0.717, 1.165) is 0 Å². The maximum atomic E-state index is 13.9. The predicted octanol–water partition coefficient (Wildman–Crippen LogP) is 3.61.